The Hall–Kier alpha value is -3.13. The van der Waals surface area contributed by atoms with E-state index in [2.05, 4.69) is 39.3 Å². The summed E-state index contributed by atoms with van der Waals surface area (Å²) in [6, 6.07) is 9.33. The lowest BCUT2D eigenvalue weighted by atomic mass is 10.0. The number of aromatic nitrogens is 5. The van der Waals surface area contributed by atoms with Gasteiger partial charge in [-0.2, -0.15) is 0 Å². The van der Waals surface area contributed by atoms with Crippen LogP contribution in [0.1, 0.15) is 31.4 Å². The minimum absolute atomic E-state index is 0.0885. The maximum absolute atomic E-state index is 12.7. The molecule has 0 aliphatic carbocycles. The molecule has 0 unspecified atom stereocenters. The molecule has 0 saturated carbocycles. The predicted molar refractivity (Wildman–Crippen MR) is 108 cm³/mol. The highest BCUT2D eigenvalue weighted by Gasteiger charge is 2.24. The van der Waals surface area contributed by atoms with Gasteiger partial charge in [0, 0.05) is 29.5 Å². The second-order valence-corrected chi connectivity index (χ2v) is 7.70. The molecule has 0 aromatic carbocycles. The molecular formula is C20H20N6OS. The standard InChI is InChI=1S/C20H20N6OS/c1-13(2)18(19-25-24-16-7-3-4-9-26(16)19)23-17(27)10-15-12-28-20(22-15)14-6-5-8-21-11-14/h3-9,11-13,18H,10H2,1-2H3,(H,23,27)/t18-/m0/s1. The Morgan fingerprint density at radius 3 is 2.89 bits per heavy atom. The van der Waals surface area contributed by atoms with Crippen LogP contribution in [0.5, 0.6) is 0 Å². The van der Waals surface area contributed by atoms with Gasteiger partial charge in [0.05, 0.1) is 18.2 Å². The van der Waals surface area contributed by atoms with Crippen LogP contribution in [0.15, 0.2) is 54.3 Å². The Labute approximate surface area is 166 Å². The molecule has 28 heavy (non-hydrogen) atoms. The van der Waals surface area contributed by atoms with E-state index in [1.807, 2.05) is 46.3 Å². The molecule has 0 bridgehead atoms. The zero-order valence-corrected chi connectivity index (χ0v) is 16.4. The smallest absolute Gasteiger partial charge is 0.226 e. The first-order valence-corrected chi connectivity index (χ1v) is 9.93. The molecule has 1 atom stereocenters. The maximum atomic E-state index is 12.7. The van der Waals surface area contributed by atoms with Crippen LogP contribution in [0.25, 0.3) is 16.2 Å². The number of pyridine rings is 2. The second-order valence-electron chi connectivity index (χ2n) is 6.84. The van der Waals surface area contributed by atoms with Crippen LogP contribution in [0.4, 0.5) is 0 Å². The number of nitrogens with one attached hydrogen (secondary N) is 1. The Bertz CT molecular complexity index is 1090. The fourth-order valence-corrected chi connectivity index (χ4v) is 3.81. The van der Waals surface area contributed by atoms with E-state index >= 15 is 0 Å². The number of hydrogen-bond acceptors (Lipinski definition) is 6. The molecule has 0 fully saturated rings. The molecule has 4 aromatic rings. The van der Waals surface area contributed by atoms with Gasteiger partial charge < -0.3 is 5.32 Å². The van der Waals surface area contributed by atoms with Crippen molar-refractivity contribution in [3.05, 3.63) is 65.8 Å². The average molecular weight is 392 g/mol. The number of amides is 1. The van der Waals surface area contributed by atoms with Crippen molar-refractivity contribution < 1.29 is 4.79 Å². The third kappa shape index (κ3) is 3.77. The van der Waals surface area contributed by atoms with E-state index in [4.69, 9.17) is 0 Å². The van der Waals surface area contributed by atoms with Crippen LogP contribution in [-0.2, 0) is 11.2 Å². The van der Waals surface area contributed by atoms with Crippen molar-refractivity contribution in [3.63, 3.8) is 0 Å². The van der Waals surface area contributed by atoms with Gasteiger partial charge in [-0.15, -0.1) is 21.5 Å². The number of hydrogen-bond donors (Lipinski definition) is 1. The summed E-state index contributed by atoms with van der Waals surface area (Å²) in [6.45, 7) is 4.11. The zero-order chi connectivity index (χ0) is 19.5. The van der Waals surface area contributed by atoms with Crippen LogP contribution >= 0.6 is 11.3 Å². The molecular weight excluding hydrogens is 372 g/mol. The van der Waals surface area contributed by atoms with Crippen molar-refractivity contribution in [2.45, 2.75) is 26.3 Å². The van der Waals surface area contributed by atoms with Crippen LogP contribution < -0.4 is 5.32 Å². The van der Waals surface area contributed by atoms with E-state index in [-0.39, 0.29) is 24.3 Å². The lowest BCUT2D eigenvalue weighted by molar-refractivity contribution is -0.121. The second kappa shape index (κ2) is 7.85. The summed E-state index contributed by atoms with van der Waals surface area (Å²) in [6.07, 6.45) is 5.63. The lowest BCUT2D eigenvalue weighted by Crippen LogP contribution is -2.34. The largest absolute Gasteiger partial charge is 0.345 e. The summed E-state index contributed by atoms with van der Waals surface area (Å²) < 4.78 is 1.91. The zero-order valence-electron chi connectivity index (χ0n) is 15.6. The molecule has 0 aliphatic rings. The lowest BCUT2D eigenvalue weighted by Gasteiger charge is -2.20. The molecule has 4 aromatic heterocycles. The highest BCUT2D eigenvalue weighted by molar-refractivity contribution is 7.13. The van der Waals surface area contributed by atoms with Crippen molar-refractivity contribution >= 4 is 22.9 Å². The van der Waals surface area contributed by atoms with Gasteiger partial charge in [0.15, 0.2) is 11.5 Å². The molecule has 0 aliphatic heterocycles. The molecule has 7 nitrogen and oxygen atoms in total. The first-order valence-electron chi connectivity index (χ1n) is 9.05. The van der Waals surface area contributed by atoms with E-state index in [1.165, 1.54) is 11.3 Å². The summed E-state index contributed by atoms with van der Waals surface area (Å²) >= 11 is 1.51. The van der Waals surface area contributed by atoms with Gasteiger partial charge in [-0.25, -0.2) is 4.98 Å². The fraction of sp³-hybridized carbons (Fsp3) is 0.250. The van der Waals surface area contributed by atoms with Gasteiger partial charge in [-0.1, -0.05) is 19.9 Å². The van der Waals surface area contributed by atoms with Crippen LogP contribution in [0.3, 0.4) is 0 Å². The quantitative estimate of drug-likeness (QED) is 0.544. The molecule has 1 amide bonds. The predicted octanol–water partition coefficient (Wildman–Crippen LogP) is 3.30. The average Bonchev–Trinajstić information content (AvgIpc) is 3.34. The first-order chi connectivity index (χ1) is 13.6. The summed E-state index contributed by atoms with van der Waals surface area (Å²) in [5.74, 6) is 0.806. The normalized spacial score (nSPS) is 12.4. The van der Waals surface area contributed by atoms with E-state index in [1.54, 1.807) is 12.4 Å². The van der Waals surface area contributed by atoms with Gasteiger partial charge in [0.25, 0.3) is 0 Å². The van der Waals surface area contributed by atoms with Crippen molar-refractivity contribution in [2.24, 2.45) is 5.92 Å². The van der Waals surface area contributed by atoms with Gasteiger partial charge >= 0.3 is 0 Å². The van der Waals surface area contributed by atoms with E-state index in [0.717, 1.165) is 27.7 Å². The van der Waals surface area contributed by atoms with Crippen molar-refractivity contribution in [3.8, 4) is 10.6 Å². The number of rotatable bonds is 6. The molecule has 0 saturated heterocycles. The maximum Gasteiger partial charge on any atom is 0.226 e. The Morgan fingerprint density at radius 1 is 1.21 bits per heavy atom. The number of nitrogens with zero attached hydrogens (tertiary/aromatic N) is 5. The van der Waals surface area contributed by atoms with Gasteiger partial charge in [0.2, 0.25) is 5.91 Å². The third-order valence-electron chi connectivity index (χ3n) is 4.40. The highest BCUT2D eigenvalue weighted by atomic mass is 32.1. The molecule has 8 heteroatoms. The number of fused-ring (bicyclic) bond motifs is 1. The molecule has 4 heterocycles. The van der Waals surface area contributed by atoms with Crippen LogP contribution in [0, 0.1) is 5.92 Å². The van der Waals surface area contributed by atoms with Crippen molar-refractivity contribution in [2.75, 3.05) is 0 Å². The summed E-state index contributed by atoms with van der Waals surface area (Å²) in [4.78, 5) is 21.4. The van der Waals surface area contributed by atoms with E-state index < -0.39 is 0 Å². The van der Waals surface area contributed by atoms with E-state index in [0.29, 0.717) is 0 Å². The Balaban J connectivity index is 1.49. The Morgan fingerprint density at radius 2 is 2.11 bits per heavy atom. The minimum atomic E-state index is -0.235. The number of carbonyl (C=O) groups excluding carboxylic acids is 1. The van der Waals surface area contributed by atoms with Crippen molar-refractivity contribution in [1.29, 1.82) is 0 Å². The molecule has 0 radical (unpaired) electrons. The fourth-order valence-electron chi connectivity index (χ4n) is 3.00. The topological polar surface area (TPSA) is 85.1 Å². The molecule has 4 rings (SSSR count). The first kappa shape index (κ1) is 18.2. The van der Waals surface area contributed by atoms with Gasteiger partial charge in [-0.3, -0.25) is 14.2 Å². The molecule has 142 valence electrons. The van der Waals surface area contributed by atoms with Crippen LogP contribution in [0.2, 0.25) is 0 Å². The monoisotopic (exact) mass is 392 g/mol. The highest BCUT2D eigenvalue weighted by Crippen LogP contribution is 2.24. The molecule has 1 N–H and O–H groups in total. The number of carbonyl (C=O) groups is 1. The minimum Gasteiger partial charge on any atom is -0.345 e. The van der Waals surface area contributed by atoms with Crippen LogP contribution in [-0.4, -0.2) is 30.5 Å². The third-order valence-corrected chi connectivity index (χ3v) is 5.34. The summed E-state index contributed by atoms with van der Waals surface area (Å²) in [7, 11) is 0. The summed E-state index contributed by atoms with van der Waals surface area (Å²) in [5, 5.41) is 14.4. The number of thiazole rings is 1. The SMILES string of the molecule is CC(C)[C@H](NC(=O)Cc1csc(-c2cccnc2)n1)c1nnc2ccccn12. The van der Waals surface area contributed by atoms with Gasteiger partial charge in [0.1, 0.15) is 5.01 Å². The van der Waals surface area contributed by atoms with Crippen molar-refractivity contribution in [1.82, 2.24) is 29.9 Å². The Kier molecular flexibility index (Phi) is 5.12. The van der Waals surface area contributed by atoms with Gasteiger partial charge in [-0.05, 0) is 30.2 Å². The van der Waals surface area contributed by atoms with E-state index in [9.17, 15) is 4.79 Å². The molecule has 0 spiro atoms. The summed E-state index contributed by atoms with van der Waals surface area (Å²) in [5.41, 5.74) is 2.46.